The number of hydrogen-bond donors (Lipinski definition) is 0. The number of fused-ring (bicyclic) bond motifs is 1. The third kappa shape index (κ3) is 4.44. The van der Waals surface area contributed by atoms with E-state index in [1.807, 2.05) is 0 Å². The van der Waals surface area contributed by atoms with Crippen molar-refractivity contribution in [1.82, 2.24) is 9.80 Å². The molecule has 2 aliphatic heterocycles. The highest BCUT2D eigenvalue weighted by Crippen LogP contribution is 2.35. The van der Waals surface area contributed by atoms with Gasteiger partial charge in [0.1, 0.15) is 5.75 Å². The topological polar surface area (TPSA) is 76.2 Å². The van der Waals surface area contributed by atoms with Gasteiger partial charge in [-0.2, -0.15) is 13.2 Å². The average molecular weight is 466 g/mol. The number of alkyl halides is 3. The van der Waals surface area contributed by atoms with Crippen molar-refractivity contribution in [2.75, 3.05) is 25.6 Å². The number of thioether (sulfide) groups is 1. The van der Waals surface area contributed by atoms with E-state index in [9.17, 15) is 27.6 Å². The minimum Gasteiger partial charge on any atom is -0.472 e. The van der Waals surface area contributed by atoms with Crippen molar-refractivity contribution >= 4 is 28.8 Å². The van der Waals surface area contributed by atoms with Crippen molar-refractivity contribution in [2.45, 2.75) is 12.4 Å². The summed E-state index contributed by atoms with van der Waals surface area (Å²) in [6.07, 6.45) is -5.56. The Balaban J connectivity index is 1.46. The summed E-state index contributed by atoms with van der Waals surface area (Å²) in [5.41, 5.74) is -0.552. The predicted octanol–water partition coefficient (Wildman–Crippen LogP) is 3.91. The van der Waals surface area contributed by atoms with Crippen LogP contribution in [0.3, 0.4) is 0 Å². The monoisotopic (exact) mass is 466 g/mol. The zero-order valence-electron chi connectivity index (χ0n) is 16.5. The summed E-state index contributed by atoms with van der Waals surface area (Å²) >= 11 is 0.875. The molecule has 0 spiro atoms. The van der Waals surface area contributed by atoms with Gasteiger partial charge in [-0.05, 0) is 18.2 Å². The Kier molecular flexibility index (Phi) is 6.11. The first kappa shape index (κ1) is 22.2. The van der Waals surface area contributed by atoms with Crippen molar-refractivity contribution in [3.8, 4) is 5.75 Å². The average Bonchev–Trinajstić information content (AvgIpc) is 3.10. The number of ether oxygens (including phenoxy) is 2. The molecule has 1 unspecified atom stereocenters. The summed E-state index contributed by atoms with van der Waals surface area (Å²) in [6.45, 7) is -0.250. The lowest BCUT2D eigenvalue weighted by molar-refractivity contribution is -0.138. The van der Waals surface area contributed by atoms with Crippen LogP contribution in [0, 0.1) is 0 Å². The first-order valence-corrected chi connectivity index (χ1v) is 10.5. The van der Waals surface area contributed by atoms with Gasteiger partial charge < -0.3 is 14.4 Å². The predicted molar refractivity (Wildman–Crippen MR) is 108 cm³/mol. The van der Waals surface area contributed by atoms with Crippen molar-refractivity contribution in [3.63, 3.8) is 0 Å². The molecule has 0 radical (unpaired) electrons. The van der Waals surface area contributed by atoms with E-state index in [0.29, 0.717) is 5.56 Å². The standard InChI is InChI=1S/C21H17F3N2O5S/c22-21(23,24)14-6-7-16-15(10-14)18(28)25(12-31-16)8-9-30-19(13-4-2-1-3-5-13)26-17(27)11-32-20(26)29/h1-7,10,19H,8-9,11-12H2. The van der Waals surface area contributed by atoms with Crippen LogP contribution in [0.1, 0.15) is 27.7 Å². The SMILES string of the molecule is O=C1c2cc(C(F)(F)F)ccc2OCN1CCOC(c1ccccc1)N1C(=O)CSC1=O. The lowest BCUT2D eigenvalue weighted by atomic mass is 10.1. The van der Waals surface area contributed by atoms with Crippen LogP contribution in [0.4, 0.5) is 18.0 Å². The first-order chi connectivity index (χ1) is 15.3. The molecule has 2 heterocycles. The quantitative estimate of drug-likeness (QED) is 0.643. The smallest absolute Gasteiger partial charge is 0.416 e. The van der Waals surface area contributed by atoms with E-state index in [4.69, 9.17) is 9.47 Å². The Bertz CT molecular complexity index is 1030. The molecule has 7 nitrogen and oxygen atoms in total. The van der Waals surface area contributed by atoms with Gasteiger partial charge in [-0.1, -0.05) is 42.1 Å². The van der Waals surface area contributed by atoms with Gasteiger partial charge in [0.25, 0.3) is 11.1 Å². The molecule has 32 heavy (non-hydrogen) atoms. The Morgan fingerprint density at radius 1 is 1.09 bits per heavy atom. The van der Waals surface area contributed by atoms with E-state index in [1.165, 1.54) is 4.90 Å². The second-order valence-corrected chi connectivity index (χ2v) is 7.93. The van der Waals surface area contributed by atoms with Gasteiger partial charge in [0.2, 0.25) is 5.91 Å². The number of imide groups is 1. The van der Waals surface area contributed by atoms with E-state index < -0.39 is 29.1 Å². The Morgan fingerprint density at radius 2 is 1.84 bits per heavy atom. The van der Waals surface area contributed by atoms with Crippen LogP contribution in [0.15, 0.2) is 48.5 Å². The van der Waals surface area contributed by atoms with E-state index in [0.717, 1.165) is 34.9 Å². The van der Waals surface area contributed by atoms with Gasteiger partial charge in [0.15, 0.2) is 13.0 Å². The molecule has 1 atom stereocenters. The second-order valence-electron chi connectivity index (χ2n) is 7.00. The van der Waals surface area contributed by atoms with E-state index in [-0.39, 0.29) is 42.9 Å². The third-order valence-electron chi connectivity index (χ3n) is 4.94. The molecule has 168 valence electrons. The van der Waals surface area contributed by atoms with Crippen molar-refractivity contribution in [2.24, 2.45) is 0 Å². The zero-order valence-corrected chi connectivity index (χ0v) is 17.3. The molecule has 4 rings (SSSR count). The fourth-order valence-corrected chi connectivity index (χ4v) is 4.07. The molecule has 2 aromatic rings. The second kappa shape index (κ2) is 8.83. The van der Waals surface area contributed by atoms with Crippen LogP contribution < -0.4 is 4.74 Å². The fourth-order valence-electron chi connectivity index (χ4n) is 3.34. The number of benzene rings is 2. The van der Waals surface area contributed by atoms with Crippen molar-refractivity contribution in [3.05, 3.63) is 65.2 Å². The van der Waals surface area contributed by atoms with E-state index in [2.05, 4.69) is 0 Å². The Labute approximate surface area is 185 Å². The van der Waals surface area contributed by atoms with Crippen LogP contribution in [-0.4, -0.2) is 52.5 Å². The number of carbonyl (C=O) groups excluding carboxylic acids is 3. The van der Waals surface area contributed by atoms with E-state index >= 15 is 0 Å². The normalized spacial score (nSPS) is 17.4. The molecule has 0 aromatic heterocycles. The van der Waals surface area contributed by atoms with Crippen LogP contribution >= 0.6 is 11.8 Å². The number of rotatable bonds is 6. The van der Waals surface area contributed by atoms with Gasteiger partial charge in [0, 0.05) is 12.1 Å². The van der Waals surface area contributed by atoms with Gasteiger partial charge in [-0.3, -0.25) is 14.4 Å². The zero-order chi connectivity index (χ0) is 22.9. The van der Waals surface area contributed by atoms with Gasteiger partial charge in [0.05, 0.1) is 23.5 Å². The molecule has 0 bridgehead atoms. The highest BCUT2D eigenvalue weighted by molar-refractivity contribution is 8.14. The molecule has 2 aromatic carbocycles. The maximum Gasteiger partial charge on any atom is 0.416 e. The molecular weight excluding hydrogens is 449 g/mol. The molecule has 0 N–H and O–H groups in total. The summed E-state index contributed by atoms with van der Waals surface area (Å²) in [5, 5.41) is -0.435. The molecule has 0 saturated carbocycles. The highest BCUT2D eigenvalue weighted by atomic mass is 32.2. The molecule has 11 heteroatoms. The molecule has 1 fully saturated rings. The maximum absolute atomic E-state index is 13.0. The molecule has 2 aliphatic rings. The minimum absolute atomic E-state index is 0.0127. The van der Waals surface area contributed by atoms with Crippen molar-refractivity contribution in [1.29, 1.82) is 0 Å². The number of carbonyl (C=O) groups is 3. The lowest BCUT2D eigenvalue weighted by Crippen LogP contribution is -2.42. The van der Waals surface area contributed by atoms with Crippen LogP contribution in [0.5, 0.6) is 5.75 Å². The molecule has 0 aliphatic carbocycles. The first-order valence-electron chi connectivity index (χ1n) is 9.54. The molecular formula is C21H17F3N2O5S. The summed E-state index contributed by atoms with van der Waals surface area (Å²) in [4.78, 5) is 39.3. The third-order valence-corrected chi connectivity index (χ3v) is 5.78. The molecule has 1 saturated heterocycles. The highest BCUT2D eigenvalue weighted by Gasteiger charge is 2.38. The van der Waals surface area contributed by atoms with Gasteiger partial charge in [-0.25, -0.2) is 4.90 Å². The van der Waals surface area contributed by atoms with Gasteiger partial charge >= 0.3 is 6.18 Å². The minimum atomic E-state index is -4.59. The lowest BCUT2D eigenvalue weighted by Gasteiger charge is -2.31. The van der Waals surface area contributed by atoms with Crippen LogP contribution in [0.2, 0.25) is 0 Å². The summed E-state index contributed by atoms with van der Waals surface area (Å²) in [5.74, 6) is -0.920. The number of hydrogen-bond acceptors (Lipinski definition) is 6. The van der Waals surface area contributed by atoms with Crippen LogP contribution in [-0.2, 0) is 15.7 Å². The summed E-state index contributed by atoms with van der Waals surface area (Å²) in [6, 6.07) is 11.4. The van der Waals surface area contributed by atoms with Crippen molar-refractivity contribution < 1.29 is 37.0 Å². The fraction of sp³-hybridized carbons (Fsp3) is 0.286. The van der Waals surface area contributed by atoms with Crippen LogP contribution in [0.25, 0.3) is 0 Å². The molecule has 3 amide bonds. The Hall–Kier alpha value is -3.05. The number of nitrogens with zero attached hydrogens (tertiary/aromatic N) is 2. The van der Waals surface area contributed by atoms with E-state index in [1.54, 1.807) is 30.3 Å². The number of halogens is 3. The summed E-state index contributed by atoms with van der Waals surface area (Å²) < 4.78 is 50.2. The number of amides is 3. The summed E-state index contributed by atoms with van der Waals surface area (Å²) in [7, 11) is 0. The largest absolute Gasteiger partial charge is 0.472 e. The maximum atomic E-state index is 13.0. The Morgan fingerprint density at radius 3 is 2.50 bits per heavy atom. The van der Waals surface area contributed by atoms with Gasteiger partial charge in [-0.15, -0.1) is 0 Å².